The molecule has 0 bridgehead atoms. The van der Waals surface area contributed by atoms with Crippen LogP contribution in [-0.4, -0.2) is 10.9 Å². The number of para-hydroxylation sites is 1. The van der Waals surface area contributed by atoms with Gasteiger partial charge in [0.1, 0.15) is 11.5 Å². The fourth-order valence-corrected chi connectivity index (χ4v) is 3.92. The van der Waals surface area contributed by atoms with Crippen molar-refractivity contribution in [3.8, 4) is 5.75 Å². The molecule has 0 fully saturated rings. The van der Waals surface area contributed by atoms with Crippen LogP contribution in [0.1, 0.15) is 41.4 Å². The smallest absolute Gasteiger partial charge is 0.197 e. The number of phenols is 1. The average molecular weight is 470 g/mol. The Morgan fingerprint density at radius 1 is 1.24 bits per heavy atom. The summed E-state index contributed by atoms with van der Waals surface area (Å²) in [6.45, 7) is 2.04. The topological polar surface area (TPSA) is 50.4 Å². The molecule has 3 aromatic rings. The summed E-state index contributed by atoms with van der Waals surface area (Å²) in [6.07, 6.45) is 2.33. The molecule has 130 valence electrons. The van der Waals surface area contributed by atoms with Crippen LogP contribution >= 0.6 is 31.9 Å². The molecule has 0 spiro atoms. The Morgan fingerprint density at radius 2 is 1.92 bits per heavy atom. The van der Waals surface area contributed by atoms with Crippen LogP contribution in [0.4, 0.5) is 4.39 Å². The van der Waals surface area contributed by atoms with E-state index < -0.39 is 5.82 Å². The maximum atomic E-state index is 14.1. The third kappa shape index (κ3) is 3.37. The summed E-state index contributed by atoms with van der Waals surface area (Å²) in [4.78, 5) is 13.1. The molecule has 0 amide bonds. The molecule has 3 rings (SSSR count). The number of aryl methyl sites for hydroxylation is 1. The van der Waals surface area contributed by atoms with Gasteiger partial charge in [-0.05, 0) is 56.5 Å². The lowest BCUT2D eigenvalue weighted by Gasteiger charge is -2.06. The number of aromatic hydroxyl groups is 1. The number of rotatable bonds is 5. The molecule has 1 N–H and O–H groups in total. The van der Waals surface area contributed by atoms with E-state index in [-0.39, 0.29) is 17.1 Å². The molecule has 2 aromatic carbocycles. The fourth-order valence-electron chi connectivity index (χ4n) is 2.74. The molecule has 0 atom stereocenters. The first-order chi connectivity index (χ1) is 11.9. The summed E-state index contributed by atoms with van der Waals surface area (Å²) in [5.74, 6) is -0.239. The summed E-state index contributed by atoms with van der Waals surface area (Å²) in [7, 11) is 0. The summed E-state index contributed by atoms with van der Waals surface area (Å²) >= 11 is 6.47. The first-order valence-corrected chi connectivity index (χ1v) is 9.45. The van der Waals surface area contributed by atoms with Crippen LogP contribution in [0.5, 0.6) is 5.75 Å². The van der Waals surface area contributed by atoms with E-state index in [4.69, 9.17) is 4.42 Å². The van der Waals surface area contributed by atoms with Crippen molar-refractivity contribution >= 4 is 48.6 Å². The molecule has 0 saturated heterocycles. The molecule has 3 nitrogen and oxygen atoms in total. The van der Waals surface area contributed by atoms with Crippen molar-refractivity contribution in [3.05, 3.63) is 62.0 Å². The van der Waals surface area contributed by atoms with Crippen molar-refractivity contribution in [3.63, 3.8) is 0 Å². The Balaban J connectivity index is 2.19. The minimum Gasteiger partial charge on any atom is -0.506 e. The third-order valence-corrected chi connectivity index (χ3v) is 5.21. The average Bonchev–Trinajstić information content (AvgIpc) is 2.96. The lowest BCUT2D eigenvalue weighted by molar-refractivity contribution is 0.103. The Morgan fingerprint density at radius 3 is 2.56 bits per heavy atom. The van der Waals surface area contributed by atoms with Gasteiger partial charge < -0.3 is 9.52 Å². The zero-order valence-electron chi connectivity index (χ0n) is 13.4. The van der Waals surface area contributed by atoms with Gasteiger partial charge in [-0.3, -0.25) is 4.79 Å². The molecular formula is C19H15Br2FO3. The van der Waals surface area contributed by atoms with E-state index in [1.807, 2.05) is 6.92 Å². The number of halogens is 3. The zero-order valence-corrected chi connectivity index (χ0v) is 16.6. The van der Waals surface area contributed by atoms with Crippen LogP contribution in [-0.2, 0) is 6.42 Å². The van der Waals surface area contributed by atoms with E-state index in [1.165, 1.54) is 6.07 Å². The van der Waals surface area contributed by atoms with E-state index in [1.54, 1.807) is 24.3 Å². The summed E-state index contributed by atoms with van der Waals surface area (Å²) in [6, 6.07) is 7.66. The Bertz CT molecular complexity index is 940. The maximum Gasteiger partial charge on any atom is 0.197 e. The summed E-state index contributed by atoms with van der Waals surface area (Å²) in [5.41, 5.74) is 0.863. The van der Waals surface area contributed by atoms with Crippen molar-refractivity contribution in [2.45, 2.75) is 26.2 Å². The number of carbonyl (C=O) groups excluding carboxylic acids is 1. The van der Waals surface area contributed by atoms with Crippen molar-refractivity contribution < 1.29 is 18.7 Å². The number of phenolic OH excluding ortho intramolecular Hbond substituents is 1. The monoisotopic (exact) mass is 468 g/mol. The Hall–Kier alpha value is -1.66. The van der Waals surface area contributed by atoms with E-state index in [9.17, 15) is 14.3 Å². The molecular weight excluding hydrogens is 455 g/mol. The fraction of sp³-hybridized carbons (Fsp3) is 0.211. The van der Waals surface area contributed by atoms with Gasteiger partial charge in [0.05, 0.1) is 14.5 Å². The Kier molecular flexibility index (Phi) is 5.29. The maximum absolute atomic E-state index is 14.1. The van der Waals surface area contributed by atoms with Crippen molar-refractivity contribution in [1.82, 2.24) is 0 Å². The van der Waals surface area contributed by atoms with Crippen LogP contribution < -0.4 is 0 Å². The van der Waals surface area contributed by atoms with E-state index in [2.05, 4.69) is 31.9 Å². The van der Waals surface area contributed by atoms with E-state index in [0.29, 0.717) is 37.6 Å². The molecule has 25 heavy (non-hydrogen) atoms. The predicted molar refractivity (Wildman–Crippen MR) is 102 cm³/mol. The highest BCUT2D eigenvalue weighted by molar-refractivity contribution is 9.11. The number of fused-ring (bicyclic) bond motifs is 1. The van der Waals surface area contributed by atoms with Gasteiger partial charge >= 0.3 is 0 Å². The number of furan rings is 1. The third-order valence-electron chi connectivity index (χ3n) is 4.00. The number of hydrogen-bond acceptors (Lipinski definition) is 3. The van der Waals surface area contributed by atoms with Gasteiger partial charge in [-0.1, -0.05) is 25.5 Å². The van der Waals surface area contributed by atoms with Gasteiger partial charge in [0.2, 0.25) is 0 Å². The SMILES string of the molecule is CCCCc1oc2c(F)cccc2c1C(=O)c1cc(Br)c(O)c(Br)c1. The van der Waals surface area contributed by atoms with Crippen LogP contribution in [0, 0.1) is 5.82 Å². The van der Waals surface area contributed by atoms with Gasteiger partial charge in [-0.15, -0.1) is 0 Å². The highest BCUT2D eigenvalue weighted by Gasteiger charge is 2.24. The van der Waals surface area contributed by atoms with Crippen LogP contribution in [0.2, 0.25) is 0 Å². The van der Waals surface area contributed by atoms with Gasteiger partial charge in [-0.25, -0.2) is 4.39 Å². The van der Waals surface area contributed by atoms with Crippen LogP contribution in [0.25, 0.3) is 11.0 Å². The van der Waals surface area contributed by atoms with Gasteiger partial charge in [0.15, 0.2) is 17.2 Å². The molecule has 0 aliphatic heterocycles. The first-order valence-electron chi connectivity index (χ1n) is 7.86. The van der Waals surface area contributed by atoms with Crippen molar-refractivity contribution in [2.24, 2.45) is 0 Å². The van der Waals surface area contributed by atoms with Crippen LogP contribution in [0.15, 0.2) is 43.7 Å². The molecule has 0 saturated carbocycles. The molecule has 1 heterocycles. The second kappa shape index (κ2) is 7.30. The molecule has 0 unspecified atom stereocenters. The predicted octanol–water partition coefficient (Wildman–Crippen LogP) is 6.38. The lowest BCUT2D eigenvalue weighted by atomic mass is 9.98. The largest absolute Gasteiger partial charge is 0.506 e. The van der Waals surface area contributed by atoms with Crippen molar-refractivity contribution in [2.75, 3.05) is 0 Å². The number of ketones is 1. The molecule has 0 aliphatic carbocycles. The van der Waals surface area contributed by atoms with Gasteiger partial charge in [0.25, 0.3) is 0 Å². The number of benzene rings is 2. The highest BCUT2D eigenvalue weighted by Crippen LogP contribution is 2.36. The Labute approximate surface area is 161 Å². The first kappa shape index (κ1) is 18.1. The van der Waals surface area contributed by atoms with E-state index >= 15 is 0 Å². The standard InChI is InChI=1S/C19H15Br2FO3/c1-2-3-7-15-16(11-5-4-6-14(22)19(11)25-15)17(23)10-8-12(20)18(24)13(21)9-10/h4-6,8-9,24H,2-3,7H2,1H3. The quantitative estimate of drug-likeness (QED) is 0.441. The second-order valence-corrected chi connectivity index (χ2v) is 7.45. The minimum absolute atomic E-state index is 0.0193. The van der Waals surface area contributed by atoms with Crippen molar-refractivity contribution in [1.29, 1.82) is 0 Å². The number of carbonyl (C=O) groups is 1. The molecule has 0 radical (unpaired) electrons. The molecule has 0 aliphatic rings. The van der Waals surface area contributed by atoms with Crippen LogP contribution in [0.3, 0.4) is 0 Å². The molecule has 6 heteroatoms. The minimum atomic E-state index is -0.484. The number of unbranched alkanes of at least 4 members (excludes halogenated alkanes) is 1. The number of hydrogen-bond donors (Lipinski definition) is 1. The summed E-state index contributed by atoms with van der Waals surface area (Å²) in [5, 5.41) is 10.3. The molecule has 1 aromatic heterocycles. The normalized spacial score (nSPS) is 11.2. The van der Waals surface area contributed by atoms with Gasteiger partial charge in [-0.2, -0.15) is 0 Å². The lowest BCUT2D eigenvalue weighted by Crippen LogP contribution is -2.04. The van der Waals surface area contributed by atoms with E-state index in [0.717, 1.165) is 12.8 Å². The zero-order chi connectivity index (χ0) is 18.1. The van der Waals surface area contributed by atoms with Gasteiger partial charge in [0, 0.05) is 17.4 Å². The second-order valence-electron chi connectivity index (χ2n) is 5.74. The highest BCUT2D eigenvalue weighted by atomic mass is 79.9. The summed E-state index contributed by atoms with van der Waals surface area (Å²) < 4.78 is 20.6.